The van der Waals surface area contributed by atoms with Crippen molar-refractivity contribution in [3.63, 3.8) is 0 Å². The second kappa shape index (κ2) is 4.20. The van der Waals surface area contributed by atoms with Gasteiger partial charge in [-0.05, 0) is 19.3 Å². The Balaban J connectivity index is 2.05. The summed E-state index contributed by atoms with van der Waals surface area (Å²) < 4.78 is 0. The number of nitrogens with one attached hydrogen (secondary N) is 1. The zero-order valence-electron chi connectivity index (χ0n) is 6.57. The number of halogens is 1. The van der Waals surface area contributed by atoms with Gasteiger partial charge >= 0.3 is 0 Å². The molecule has 0 aromatic carbocycles. The number of hydrogen-bond acceptors (Lipinski definition) is 1. The maximum atomic E-state index is 5.76. The van der Waals surface area contributed by atoms with E-state index in [1.54, 1.807) is 0 Å². The van der Waals surface area contributed by atoms with Crippen LogP contribution in [0.1, 0.15) is 32.6 Å². The first-order chi connectivity index (χ1) is 4.86. The van der Waals surface area contributed by atoms with Gasteiger partial charge in [-0.25, -0.2) is 0 Å². The Morgan fingerprint density at radius 3 is 2.70 bits per heavy atom. The van der Waals surface area contributed by atoms with Gasteiger partial charge in [0.05, 0.1) is 0 Å². The van der Waals surface area contributed by atoms with Crippen molar-refractivity contribution in [3.8, 4) is 0 Å². The van der Waals surface area contributed by atoms with Crippen LogP contribution < -0.4 is 5.32 Å². The summed E-state index contributed by atoms with van der Waals surface area (Å²) in [7, 11) is 0. The summed E-state index contributed by atoms with van der Waals surface area (Å²) in [6.07, 6.45) is 5.17. The van der Waals surface area contributed by atoms with Crippen LogP contribution in [0.2, 0.25) is 0 Å². The number of alkyl halides is 1. The van der Waals surface area contributed by atoms with Crippen molar-refractivity contribution < 1.29 is 0 Å². The van der Waals surface area contributed by atoms with Crippen LogP contribution in [-0.4, -0.2) is 18.0 Å². The molecule has 0 bridgehead atoms. The van der Waals surface area contributed by atoms with Gasteiger partial charge in [-0.15, -0.1) is 11.6 Å². The molecule has 1 saturated carbocycles. The van der Waals surface area contributed by atoms with Crippen molar-refractivity contribution in [1.82, 2.24) is 5.32 Å². The van der Waals surface area contributed by atoms with Crippen LogP contribution in [0.3, 0.4) is 0 Å². The molecule has 1 fully saturated rings. The fraction of sp³-hybridized carbons (Fsp3) is 1.00. The molecule has 2 heteroatoms. The summed E-state index contributed by atoms with van der Waals surface area (Å²) >= 11 is 5.76. The molecule has 0 spiro atoms. The Kier molecular flexibility index (Phi) is 3.50. The summed E-state index contributed by atoms with van der Waals surface area (Å²) in [5.74, 6) is 0.768. The maximum Gasteiger partial charge on any atom is 0.0377 e. The Bertz CT molecular complexity index is 91.3. The standard InChI is InChI=1S/C8H16ClN/c1-2-3-8(6-9)10-7-4-5-7/h7-8,10H,2-6H2,1H3. The summed E-state index contributed by atoms with van der Waals surface area (Å²) in [4.78, 5) is 0. The second-order valence-electron chi connectivity index (χ2n) is 3.08. The first-order valence-corrected chi connectivity index (χ1v) is 4.72. The zero-order valence-corrected chi connectivity index (χ0v) is 7.32. The smallest absolute Gasteiger partial charge is 0.0377 e. The summed E-state index contributed by atoms with van der Waals surface area (Å²) in [6, 6.07) is 1.37. The van der Waals surface area contributed by atoms with E-state index in [1.165, 1.54) is 25.7 Å². The molecule has 0 heterocycles. The van der Waals surface area contributed by atoms with Crippen LogP contribution in [0.4, 0.5) is 0 Å². The zero-order chi connectivity index (χ0) is 7.40. The fourth-order valence-corrected chi connectivity index (χ4v) is 1.38. The molecule has 60 valence electrons. The third-order valence-corrected chi connectivity index (χ3v) is 2.24. The molecule has 1 aliphatic carbocycles. The van der Waals surface area contributed by atoms with Gasteiger partial charge in [0, 0.05) is 18.0 Å². The number of rotatable bonds is 5. The Labute approximate surface area is 68.1 Å². The largest absolute Gasteiger partial charge is 0.310 e. The molecule has 1 atom stereocenters. The fourth-order valence-electron chi connectivity index (χ4n) is 1.14. The SMILES string of the molecule is CCCC(CCl)NC1CC1. The Hall–Kier alpha value is 0.250. The molecule has 0 saturated heterocycles. The van der Waals surface area contributed by atoms with Gasteiger partial charge in [-0.3, -0.25) is 0 Å². The van der Waals surface area contributed by atoms with E-state index in [0.29, 0.717) is 6.04 Å². The lowest BCUT2D eigenvalue weighted by atomic mass is 10.2. The van der Waals surface area contributed by atoms with Gasteiger partial charge in [0.2, 0.25) is 0 Å². The van der Waals surface area contributed by atoms with Crippen molar-refractivity contribution >= 4 is 11.6 Å². The van der Waals surface area contributed by atoms with Crippen molar-refractivity contribution in [2.45, 2.75) is 44.7 Å². The van der Waals surface area contributed by atoms with E-state index in [-0.39, 0.29) is 0 Å². The van der Waals surface area contributed by atoms with E-state index in [1.807, 2.05) is 0 Å². The molecule has 1 unspecified atom stereocenters. The minimum atomic E-state index is 0.569. The van der Waals surface area contributed by atoms with Crippen molar-refractivity contribution in [3.05, 3.63) is 0 Å². The molecule has 10 heavy (non-hydrogen) atoms. The number of hydrogen-bond donors (Lipinski definition) is 1. The van der Waals surface area contributed by atoms with Crippen LogP contribution >= 0.6 is 11.6 Å². The summed E-state index contributed by atoms with van der Waals surface area (Å²) in [5.41, 5.74) is 0. The average molecular weight is 162 g/mol. The van der Waals surface area contributed by atoms with E-state index in [0.717, 1.165) is 11.9 Å². The molecule has 0 radical (unpaired) electrons. The molecule has 1 aliphatic rings. The van der Waals surface area contributed by atoms with E-state index in [9.17, 15) is 0 Å². The molecule has 0 aromatic heterocycles. The lowest BCUT2D eigenvalue weighted by Crippen LogP contribution is -2.32. The lowest BCUT2D eigenvalue weighted by Gasteiger charge is -2.13. The minimum Gasteiger partial charge on any atom is -0.310 e. The van der Waals surface area contributed by atoms with Gasteiger partial charge in [-0.1, -0.05) is 13.3 Å². The van der Waals surface area contributed by atoms with E-state index >= 15 is 0 Å². The maximum absolute atomic E-state index is 5.76. The molecule has 0 aliphatic heterocycles. The Morgan fingerprint density at radius 2 is 2.30 bits per heavy atom. The van der Waals surface area contributed by atoms with Crippen LogP contribution in [0.5, 0.6) is 0 Å². The van der Waals surface area contributed by atoms with Gasteiger partial charge in [0.15, 0.2) is 0 Å². The van der Waals surface area contributed by atoms with E-state index < -0.39 is 0 Å². The molecule has 1 N–H and O–H groups in total. The average Bonchev–Trinajstić information content (AvgIpc) is 2.71. The first-order valence-electron chi connectivity index (χ1n) is 4.18. The molecule has 1 nitrogen and oxygen atoms in total. The molecule has 0 amide bonds. The van der Waals surface area contributed by atoms with Crippen LogP contribution in [0, 0.1) is 0 Å². The highest BCUT2D eigenvalue weighted by molar-refractivity contribution is 6.18. The van der Waals surface area contributed by atoms with Gasteiger partial charge in [0.1, 0.15) is 0 Å². The highest BCUT2D eigenvalue weighted by atomic mass is 35.5. The van der Waals surface area contributed by atoms with E-state index in [2.05, 4.69) is 12.2 Å². The minimum absolute atomic E-state index is 0.569. The highest BCUT2D eigenvalue weighted by Gasteiger charge is 2.23. The van der Waals surface area contributed by atoms with Gasteiger partial charge in [0.25, 0.3) is 0 Å². The van der Waals surface area contributed by atoms with Crippen molar-refractivity contribution in [2.24, 2.45) is 0 Å². The first kappa shape index (κ1) is 8.35. The second-order valence-corrected chi connectivity index (χ2v) is 3.39. The Morgan fingerprint density at radius 1 is 1.60 bits per heavy atom. The van der Waals surface area contributed by atoms with Crippen molar-refractivity contribution in [2.75, 3.05) is 5.88 Å². The van der Waals surface area contributed by atoms with Gasteiger partial charge < -0.3 is 5.32 Å². The third kappa shape index (κ3) is 2.89. The third-order valence-electron chi connectivity index (χ3n) is 1.87. The molecule has 0 aromatic rings. The highest BCUT2D eigenvalue weighted by Crippen LogP contribution is 2.20. The van der Waals surface area contributed by atoms with Crippen LogP contribution in [0.15, 0.2) is 0 Å². The molecule has 1 rings (SSSR count). The monoisotopic (exact) mass is 161 g/mol. The molecular formula is C8H16ClN. The predicted molar refractivity (Wildman–Crippen MR) is 45.6 cm³/mol. The summed E-state index contributed by atoms with van der Waals surface area (Å²) in [5, 5.41) is 3.51. The topological polar surface area (TPSA) is 12.0 Å². The van der Waals surface area contributed by atoms with Gasteiger partial charge in [-0.2, -0.15) is 0 Å². The summed E-state index contributed by atoms with van der Waals surface area (Å²) in [6.45, 7) is 2.20. The van der Waals surface area contributed by atoms with Crippen LogP contribution in [0.25, 0.3) is 0 Å². The normalized spacial score (nSPS) is 21.0. The predicted octanol–water partition coefficient (Wildman–Crippen LogP) is 2.15. The van der Waals surface area contributed by atoms with Crippen molar-refractivity contribution in [1.29, 1.82) is 0 Å². The van der Waals surface area contributed by atoms with E-state index in [4.69, 9.17) is 11.6 Å². The lowest BCUT2D eigenvalue weighted by molar-refractivity contribution is 0.510. The van der Waals surface area contributed by atoms with Crippen LogP contribution in [-0.2, 0) is 0 Å². The molecular weight excluding hydrogens is 146 g/mol. The quantitative estimate of drug-likeness (QED) is 0.610.